The van der Waals surface area contributed by atoms with Crippen LogP contribution < -0.4 is 0 Å². The van der Waals surface area contributed by atoms with E-state index in [0.717, 1.165) is 12.8 Å². The van der Waals surface area contributed by atoms with Gasteiger partial charge in [-0.3, -0.25) is 9.59 Å². The second-order valence-electron chi connectivity index (χ2n) is 4.50. The van der Waals surface area contributed by atoms with Crippen LogP contribution in [0.5, 0.6) is 0 Å². The van der Waals surface area contributed by atoms with Gasteiger partial charge in [-0.05, 0) is 19.8 Å². The number of carbonyl (C=O) groups is 2. The highest BCUT2D eigenvalue weighted by Gasteiger charge is 2.08. The van der Waals surface area contributed by atoms with Crippen molar-refractivity contribution >= 4 is 11.8 Å². The molecule has 0 radical (unpaired) electrons. The van der Waals surface area contributed by atoms with Crippen LogP contribution in [-0.4, -0.2) is 52.1 Å². The second kappa shape index (κ2) is 13.0. The summed E-state index contributed by atoms with van der Waals surface area (Å²) in [4.78, 5) is 22.4. The molecular formula is C14H26O6. The van der Waals surface area contributed by atoms with E-state index in [2.05, 4.69) is 4.74 Å². The van der Waals surface area contributed by atoms with Crippen molar-refractivity contribution in [2.75, 3.05) is 34.2 Å². The van der Waals surface area contributed by atoms with Crippen LogP contribution in [0.4, 0.5) is 0 Å². The van der Waals surface area contributed by atoms with Crippen LogP contribution in [0, 0.1) is 0 Å². The molecule has 0 amide bonds. The number of carbonyl (C=O) groups excluding carboxylic acids is 2. The fourth-order valence-corrected chi connectivity index (χ4v) is 1.50. The Morgan fingerprint density at radius 2 is 1.80 bits per heavy atom. The van der Waals surface area contributed by atoms with E-state index in [-0.39, 0.29) is 37.5 Å². The van der Waals surface area contributed by atoms with E-state index in [1.807, 2.05) is 6.92 Å². The Morgan fingerprint density at radius 3 is 2.45 bits per heavy atom. The number of Topliss-reactive ketones (excluding diaryl/α,β-unsaturated/α-hetero) is 1. The van der Waals surface area contributed by atoms with Crippen molar-refractivity contribution in [3.05, 3.63) is 0 Å². The van der Waals surface area contributed by atoms with Crippen molar-refractivity contribution in [3.63, 3.8) is 0 Å². The lowest BCUT2D eigenvalue weighted by Crippen LogP contribution is -2.13. The fourth-order valence-electron chi connectivity index (χ4n) is 1.50. The number of esters is 1. The number of hydrogen-bond donors (Lipinski definition) is 0. The molecule has 0 rings (SSSR count). The smallest absolute Gasteiger partial charge is 0.305 e. The van der Waals surface area contributed by atoms with E-state index in [9.17, 15) is 9.59 Å². The Bertz CT molecular complexity index is 266. The average Bonchev–Trinajstić information content (AvgIpc) is 2.44. The van der Waals surface area contributed by atoms with Gasteiger partial charge in [0.15, 0.2) is 0 Å². The summed E-state index contributed by atoms with van der Waals surface area (Å²) in [6.07, 6.45) is 2.47. The molecule has 0 saturated heterocycles. The molecule has 0 aliphatic rings. The number of rotatable bonds is 13. The zero-order chi connectivity index (χ0) is 15.2. The van der Waals surface area contributed by atoms with Gasteiger partial charge in [-0.25, -0.2) is 0 Å². The Hall–Kier alpha value is -0.980. The molecule has 6 heteroatoms. The van der Waals surface area contributed by atoms with Crippen LogP contribution in [0.25, 0.3) is 0 Å². The molecule has 6 nitrogen and oxygen atoms in total. The summed E-state index contributed by atoms with van der Waals surface area (Å²) >= 11 is 0. The zero-order valence-electron chi connectivity index (χ0n) is 12.7. The number of methoxy groups -OCH3 is 2. The molecule has 0 saturated carbocycles. The Morgan fingerprint density at radius 1 is 1.05 bits per heavy atom. The molecule has 1 atom stereocenters. The molecule has 0 aliphatic heterocycles. The summed E-state index contributed by atoms with van der Waals surface area (Å²) in [6, 6.07) is 0. The van der Waals surface area contributed by atoms with Crippen LogP contribution in [0.1, 0.15) is 39.0 Å². The van der Waals surface area contributed by atoms with Gasteiger partial charge in [-0.1, -0.05) is 0 Å². The van der Waals surface area contributed by atoms with Crippen LogP contribution in [0.3, 0.4) is 0 Å². The quantitative estimate of drug-likeness (QED) is 0.292. The summed E-state index contributed by atoms with van der Waals surface area (Å²) in [7, 11) is 2.94. The zero-order valence-corrected chi connectivity index (χ0v) is 12.7. The first-order valence-corrected chi connectivity index (χ1v) is 6.87. The van der Waals surface area contributed by atoms with Gasteiger partial charge in [0.1, 0.15) is 12.6 Å². The lowest BCUT2D eigenvalue weighted by atomic mass is 10.1. The predicted octanol–water partition coefficient (Wildman–Crippen LogP) is 1.70. The summed E-state index contributed by atoms with van der Waals surface area (Å²) in [6.45, 7) is 3.24. The van der Waals surface area contributed by atoms with Gasteiger partial charge in [-0.2, -0.15) is 0 Å². The van der Waals surface area contributed by atoms with Gasteiger partial charge in [0, 0.05) is 20.0 Å². The van der Waals surface area contributed by atoms with E-state index < -0.39 is 0 Å². The minimum absolute atomic E-state index is 0.0472. The van der Waals surface area contributed by atoms with Crippen molar-refractivity contribution in [2.45, 2.75) is 45.1 Å². The number of ketones is 1. The normalized spacial score (nSPS) is 12.2. The largest absolute Gasteiger partial charge is 0.469 e. The molecule has 0 N–H and O–H groups in total. The third-order valence-corrected chi connectivity index (χ3v) is 2.77. The highest BCUT2D eigenvalue weighted by molar-refractivity contribution is 5.82. The topological polar surface area (TPSA) is 71.1 Å². The summed E-state index contributed by atoms with van der Waals surface area (Å²) < 4.78 is 19.9. The summed E-state index contributed by atoms with van der Waals surface area (Å²) in [5.74, 6) is -0.262. The van der Waals surface area contributed by atoms with E-state index in [1.165, 1.54) is 7.11 Å². The molecule has 0 aromatic heterocycles. The Balaban J connectivity index is 3.43. The van der Waals surface area contributed by atoms with E-state index in [4.69, 9.17) is 14.2 Å². The Kier molecular flexibility index (Phi) is 12.4. The maximum Gasteiger partial charge on any atom is 0.305 e. The van der Waals surface area contributed by atoms with Gasteiger partial charge < -0.3 is 18.9 Å². The van der Waals surface area contributed by atoms with Gasteiger partial charge >= 0.3 is 5.97 Å². The van der Waals surface area contributed by atoms with Crippen LogP contribution in [0.2, 0.25) is 0 Å². The van der Waals surface area contributed by atoms with E-state index >= 15 is 0 Å². The van der Waals surface area contributed by atoms with Gasteiger partial charge in [0.25, 0.3) is 0 Å². The minimum atomic E-state index is -0.344. The molecule has 0 unspecified atom stereocenters. The summed E-state index contributed by atoms with van der Waals surface area (Å²) in [5, 5.41) is 0. The van der Waals surface area contributed by atoms with Gasteiger partial charge in [-0.15, -0.1) is 0 Å². The van der Waals surface area contributed by atoms with Crippen LogP contribution in [0.15, 0.2) is 0 Å². The van der Waals surface area contributed by atoms with Crippen molar-refractivity contribution < 1.29 is 28.5 Å². The summed E-state index contributed by atoms with van der Waals surface area (Å²) in [5.41, 5.74) is 0. The maximum atomic E-state index is 11.5. The third kappa shape index (κ3) is 12.1. The molecule has 118 valence electrons. The molecule has 0 aromatic rings. The molecular weight excluding hydrogens is 264 g/mol. The highest BCUT2D eigenvalue weighted by atomic mass is 16.7. The third-order valence-electron chi connectivity index (χ3n) is 2.77. The standard InChI is InChI=1S/C14H26O6/c1-12(20-11-19-10-9-17-2)5-4-6-13(15)7-8-14(16)18-3/h12H,4-11H2,1-3H3/t12-/m0/s1. The molecule has 0 bridgehead atoms. The second-order valence-corrected chi connectivity index (χ2v) is 4.50. The lowest BCUT2D eigenvalue weighted by molar-refractivity contribution is -0.142. The molecule has 0 spiro atoms. The van der Waals surface area contributed by atoms with Gasteiger partial charge in [0.2, 0.25) is 0 Å². The monoisotopic (exact) mass is 290 g/mol. The van der Waals surface area contributed by atoms with E-state index in [0.29, 0.717) is 19.6 Å². The SMILES string of the molecule is COCCOCO[C@@H](C)CCCC(=O)CCC(=O)OC. The first kappa shape index (κ1) is 19.0. The van der Waals surface area contributed by atoms with E-state index in [1.54, 1.807) is 7.11 Å². The molecule has 0 aliphatic carbocycles. The molecule has 0 fully saturated rings. The fraction of sp³-hybridized carbons (Fsp3) is 0.857. The van der Waals surface area contributed by atoms with Crippen molar-refractivity contribution in [3.8, 4) is 0 Å². The van der Waals surface area contributed by atoms with Crippen LogP contribution in [-0.2, 0) is 28.5 Å². The minimum Gasteiger partial charge on any atom is -0.469 e. The molecule has 20 heavy (non-hydrogen) atoms. The maximum absolute atomic E-state index is 11.5. The highest BCUT2D eigenvalue weighted by Crippen LogP contribution is 2.07. The average molecular weight is 290 g/mol. The molecule has 0 aromatic carbocycles. The number of ether oxygens (including phenoxy) is 4. The Labute approximate surface area is 120 Å². The number of hydrogen-bond acceptors (Lipinski definition) is 6. The first-order valence-electron chi connectivity index (χ1n) is 6.87. The lowest BCUT2D eigenvalue weighted by Gasteiger charge is -2.12. The molecule has 0 heterocycles. The van der Waals surface area contributed by atoms with Gasteiger partial charge in [0.05, 0.1) is 32.8 Å². The first-order chi connectivity index (χ1) is 9.60. The predicted molar refractivity (Wildman–Crippen MR) is 73.4 cm³/mol. The van der Waals surface area contributed by atoms with Crippen molar-refractivity contribution in [1.82, 2.24) is 0 Å². The van der Waals surface area contributed by atoms with Crippen LogP contribution >= 0.6 is 0 Å². The van der Waals surface area contributed by atoms with Crippen molar-refractivity contribution in [1.29, 1.82) is 0 Å². The van der Waals surface area contributed by atoms with Crippen molar-refractivity contribution in [2.24, 2.45) is 0 Å².